The van der Waals surface area contributed by atoms with E-state index in [1.54, 1.807) is 0 Å². The zero-order valence-corrected chi connectivity index (χ0v) is 19.6. The van der Waals surface area contributed by atoms with Gasteiger partial charge >= 0.3 is 0 Å². The Morgan fingerprint density at radius 2 is 1.59 bits per heavy atom. The highest BCUT2D eigenvalue weighted by Crippen LogP contribution is 2.36. The van der Waals surface area contributed by atoms with Gasteiger partial charge < -0.3 is 4.43 Å². The van der Waals surface area contributed by atoms with Crippen LogP contribution in [0.15, 0.2) is 54.6 Å². The van der Waals surface area contributed by atoms with Gasteiger partial charge in [-0.25, -0.2) is 0 Å². The molecule has 0 aliphatic rings. The standard InChI is InChI=1S/C25H42OSi/c1-7-8-9-10-12-20-24(22-26-27(5,6)25(2,3)4)21-16-15-19-23-17-13-11-14-18-23/h11-14,16-18,20-21,24H,7-10,15,19,22H2,1-6H3/b20-12+,21-16+/t24-/m1/s1. The summed E-state index contributed by atoms with van der Waals surface area (Å²) < 4.78 is 6.49. The maximum Gasteiger partial charge on any atom is 0.192 e. The van der Waals surface area contributed by atoms with E-state index in [4.69, 9.17) is 4.43 Å². The molecule has 0 radical (unpaired) electrons. The molecule has 0 aliphatic heterocycles. The molecule has 0 N–H and O–H groups in total. The van der Waals surface area contributed by atoms with Crippen molar-refractivity contribution in [2.45, 2.75) is 84.4 Å². The Balaban J connectivity index is 2.59. The molecule has 1 aromatic rings. The molecule has 0 saturated heterocycles. The van der Waals surface area contributed by atoms with Crippen molar-refractivity contribution in [1.29, 1.82) is 0 Å². The molecular formula is C25H42OSi. The van der Waals surface area contributed by atoms with Crippen molar-refractivity contribution in [3.63, 3.8) is 0 Å². The molecule has 152 valence electrons. The van der Waals surface area contributed by atoms with Gasteiger partial charge in [-0.1, -0.05) is 95.2 Å². The van der Waals surface area contributed by atoms with E-state index in [1.807, 2.05) is 0 Å². The maximum absolute atomic E-state index is 6.49. The Morgan fingerprint density at radius 1 is 0.963 bits per heavy atom. The lowest BCUT2D eigenvalue weighted by Crippen LogP contribution is -2.41. The van der Waals surface area contributed by atoms with Crippen LogP contribution in [-0.4, -0.2) is 14.9 Å². The summed E-state index contributed by atoms with van der Waals surface area (Å²) in [6.45, 7) is 14.7. The number of aryl methyl sites for hydroxylation is 1. The molecule has 0 fully saturated rings. The van der Waals surface area contributed by atoms with Crippen molar-refractivity contribution in [2.24, 2.45) is 5.92 Å². The molecule has 0 heterocycles. The molecule has 1 aromatic carbocycles. The fraction of sp³-hybridized carbons (Fsp3) is 0.600. The number of benzene rings is 1. The summed E-state index contributed by atoms with van der Waals surface area (Å²) in [6, 6.07) is 10.7. The molecular weight excluding hydrogens is 344 g/mol. The minimum absolute atomic E-state index is 0.263. The number of rotatable bonds is 12. The number of unbranched alkanes of at least 4 members (excludes halogenated alkanes) is 3. The molecule has 0 aliphatic carbocycles. The van der Waals surface area contributed by atoms with E-state index >= 15 is 0 Å². The minimum atomic E-state index is -1.70. The topological polar surface area (TPSA) is 9.23 Å². The van der Waals surface area contributed by atoms with Gasteiger partial charge in [-0.2, -0.15) is 0 Å². The summed E-state index contributed by atoms with van der Waals surface area (Å²) in [5.41, 5.74) is 1.41. The Kier molecular flexibility index (Phi) is 10.9. The van der Waals surface area contributed by atoms with Crippen molar-refractivity contribution in [2.75, 3.05) is 6.61 Å². The fourth-order valence-corrected chi connectivity index (χ4v) is 3.69. The van der Waals surface area contributed by atoms with Gasteiger partial charge in [-0.05, 0) is 49.4 Å². The fourth-order valence-electron chi connectivity index (χ4n) is 2.65. The zero-order chi connectivity index (χ0) is 20.2. The van der Waals surface area contributed by atoms with E-state index in [-0.39, 0.29) is 5.04 Å². The lowest BCUT2D eigenvalue weighted by molar-refractivity contribution is 0.269. The van der Waals surface area contributed by atoms with Crippen LogP contribution in [0.2, 0.25) is 18.1 Å². The molecule has 2 heteroatoms. The molecule has 1 nitrogen and oxygen atoms in total. The molecule has 0 amide bonds. The van der Waals surface area contributed by atoms with Crippen LogP contribution in [0.5, 0.6) is 0 Å². The van der Waals surface area contributed by atoms with Crippen LogP contribution in [0.25, 0.3) is 0 Å². The first-order chi connectivity index (χ1) is 12.8. The molecule has 0 spiro atoms. The van der Waals surface area contributed by atoms with Gasteiger partial charge in [-0.3, -0.25) is 0 Å². The van der Waals surface area contributed by atoms with E-state index < -0.39 is 8.32 Å². The molecule has 1 rings (SSSR count). The summed E-state index contributed by atoms with van der Waals surface area (Å²) in [4.78, 5) is 0. The van der Waals surface area contributed by atoms with Gasteiger partial charge in [0.05, 0.1) is 0 Å². The first-order valence-corrected chi connectivity index (χ1v) is 13.7. The van der Waals surface area contributed by atoms with E-state index in [9.17, 15) is 0 Å². The van der Waals surface area contributed by atoms with Crippen molar-refractivity contribution in [3.8, 4) is 0 Å². The Morgan fingerprint density at radius 3 is 2.19 bits per heavy atom. The Labute approximate surface area is 170 Å². The van der Waals surface area contributed by atoms with Gasteiger partial charge in [0.2, 0.25) is 0 Å². The average Bonchev–Trinajstić information content (AvgIpc) is 2.62. The first kappa shape index (κ1) is 23.9. The maximum atomic E-state index is 6.49. The van der Waals surface area contributed by atoms with Crippen LogP contribution in [0.1, 0.15) is 65.4 Å². The van der Waals surface area contributed by atoms with Crippen molar-refractivity contribution in [3.05, 3.63) is 60.2 Å². The summed E-state index contributed by atoms with van der Waals surface area (Å²) in [7, 11) is -1.70. The van der Waals surface area contributed by atoms with Gasteiger partial charge in [0.25, 0.3) is 0 Å². The molecule has 27 heavy (non-hydrogen) atoms. The molecule has 0 aromatic heterocycles. The van der Waals surface area contributed by atoms with Gasteiger partial charge in [-0.15, -0.1) is 0 Å². The van der Waals surface area contributed by atoms with Crippen LogP contribution in [0.3, 0.4) is 0 Å². The monoisotopic (exact) mass is 386 g/mol. The van der Waals surface area contributed by atoms with E-state index in [2.05, 4.69) is 95.4 Å². The highest BCUT2D eigenvalue weighted by molar-refractivity contribution is 6.74. The summed E-state index contributed by atoms with van der Waals surface area (Å²) in [5.74, 6) is 0.386. The number of hydrogen-bond acceptors (Lipinski definition) is 1. The normalized spacial score (nSPS) is 14.3. The predicted molar refractivity (Wildman–Crippen MR) is 124 cm³/mol. The van der Waals surface area contributed by atoms with Gasteiger partial charge in [0, 0.05) is 12.5 Å². The van der Waals surface area contributed by atoms with Crippen molar-refractivity contribution in [1.82, 2.24) is 0 Å². The SMILES string of the molecule is CCCCC/C=C/[C@H](/C=C/CCc1ccccc1)CO[Si](C)(C)C(C)(C)C. The summed E-state index contributed by atoms with van der Waals surface area (Å²) in [5, 5.41) is 0.263. The third-order valence-electron chi connectivity index (χ3n) is 5.63. The minimum Gasteiger partial charge on any atom is -0.416 e. The van der Waals surface area contributed by atoms with Gasteiger partial charge in [0.1, 0.15) is 0 Å². The smallest absolute Gasteiger partial charge is 0.192 e. The second-order valence-electron chi connectivity index (χ2n) is 9.11. The Hall–Kier alpha value is -1.12. The lowest BCUT2D eigenvalue weighted by Gasteiger charge is -2.36. The van der Waals surface area contributed by atoms with E-state index in [0.29, 0.717) is 5.92 Å². The van der Waals surface area contributed by atoms with E-state index in [0.717, 1.165) is 19.4 Å². The third kappa shape index (κ3) is 10.1. The molecule has 0 unspecified atom stereocenters. The van der Waals surface area contributed by atoms with Crippen LogP contribution in [0.4, 0.5) is 0 Å². The zero-order valence-electron chi connectivity index (χ0n) is 18.6. The third-order valence-corrected chi connectivity index (χ3v) is 10.1. The predicted octanol–water partition coefficient (Wildman–Crippen LogP) is 7.95. The quantitative estimate of drug-likeness (QED) is 0.201. The highest BCUT2D eigenvalue weighted by atomic mass is 28.4. The average molecular weight is 387 g/mol. The first-order valence-electron chi connectivity index (χ1n) is 10.8. The van der Waals surface area contributed by atoms with Crippen molar-refractivity contribution < 1.29 is 4.43 Å². The second-order valence-corrected chi connectivity index (χ2v) is 13.9. The molecule has 1 atom stereocenters. The van der Waals surface area contributed by atoms with Crippen LogP contribution >= 0.6 is 0 Å². The number of hydrogen-bond donors (Lipinski definition) is 0. The lowest BCUT2D eigenvalue weighted by atomic mass is 10.1. The van der Waals surface area contributed by atoms with Crippen molar-refractivity contribution >= 4 is 8.32 Å². The Bertz CT molecular complexity index is 551. The van der Waals surface area contributed by atoms with E-state index in [1.165, 1.54) is 31.2 Å². The molecule has 0 saturated carbocycles. The summed E-state index contributed by atoms with van der Waals surface area (Å²) >= 11 is 0. The highest BCUT2D eigenvalue weighted by Gasteiger charge is 2.37. The number of allylic oxidation sites excluding steroid dienone is 2. The largest absolute Gasteiger partial charge is 0.416 e. The van der Waals surface area contributed by atoms with Crippen LogP contribution in [-0.2, 0) is 10.8 Å². The van der Waals surface area contributed by atoms with Gasteiger partial charge in [0.15, 0.2) is 8.32 Å². The van der Waals surface area contributed by atoms with Crippen LogP contribution in [0, 0.1) is 5.92 Å². The molecule has 0 bridgehead atoms. The second kappa shape index (κ2) is 12.4. The summed E-state index contributed by atoms with van der Waals surface area (Å²) in [6.07, 6.45) is 16.7. The van der Waals surface area contributed by atoms with Crippen LogP contribution < -0.4 is 0 Å².